The van der Waals surface area contributed by atoms with Crippen molar-refractivity contribution in [1.82, 2.24) is 14.7 Å². The smallest absolute Gasteiger partial charge is 0.228 e. The number of hydrogen-bond donors (Lipinski definition) is 0. The summed E-state index contributed by atoms with van der Waals surface area (Å²) in [5, 5.41) is 0. The van der Waals surface area contributed by atoms with Crippen molar-refractivity contribution < 1.29 is 27.8 Å². The molecule has 0 unspecified atom stereocenters. The maximum atomic E-state index is 13.6. The number of benzene rings is 3. The van der Waals surface area contributed by atoms with Crippen molar-refractivity contribution in [3.05, 3.63) is 95.1 Å². The third kappa shape index (κ3) is 6.51. The Morgan fingerprint density at radius 1 is 0.854 bits per heavy atom. The molecule has 5 rings (SSSR count). The van der Waals surface area contributed by atoms with E-state index in [2.05, 4.69) is 4.90 Å². The number of amides is 2. The van der Waals surface area contributed by atoms with Crippen molar-refractivity contribution in [2.45, 2.75) is 18.9 Å². The molecule has 0 radical (unpaired) electrons. The van der Waals surface area contributed by atoms with Gasteiger partial charge in [-0.3, -0.25) is 14.5 Å². The van der Waals surface area contributed by atoms with Gasteiger partial charge in [-0.2, -0.15) is 0 Å². The van der Waals surface area contributed by atoms with Crippen LogP contribution in [-0.2, 0) is 16.0 Å². The molecule has 2 heterocycles. The zero-order valence-corrected chi connectivity index (χ0v) is 23.4. The second-order valence-corrected chi connectivity index (χ2v) is 10.5. The molecule has 3 aromatic rings. The molecule has 2 saturated heterocycles. The summed E-state index contributed by atoms with van der Waals surface area (Å²) < 4.78 is 38.0. The molecular formula is C32H35F2N3O4. The molecule has 1 atom stereocenters. The topological polar surface area (TPSA) is 62.3 Å². The van der Waals surface area contributed by atoms with E-state index in [-0.39, 0.29) is 41.8 Å². The summed E-state index contributed by atoms with van der Waals surface area (Å²) in [5.41, 5.74) is 2.84. The minimum absolute atomic E-state index is 0.00449. The fraction of sp³-hybridized carbons (Fsp3) is 0.375. The molecule has 2 fully saturated rings. The highest BCUT2D eigenvalue weighted by atomic mass is 19.1. The molecule has 41 heavy (non-hydrogen) atoms. The molecule has 9 heteroatoms. The Morgan fingerprint density at radius 2 is 1.44 bits per heavy atom. The van der Waals surface area contributed by atoms with Gasteiger partial charge < -0.3 is 19.3 Å². The molecule has 3 aromatic carbocycles. The summed E-state index contributed by atoms with van der Waals surface area (Å²) in [6.07, 6.45) is 0.874. The third-order valence-electron chi connectivity index (χ3n) is 8.04. The van der Waals surface area contributed by atoms with Gasteiger partial charge >= 0.3 is 0 Å². The summed E-state index contributed by atoms with van der Waals surface area (Å²) in [4.78, 5) is 32.0. The molecule has 0 saturated carbocycles. The largest absolute Gasteiger partial charge is 0.493 e. The molecule has 0 spiro atoms. The van der Waals surface area contributed by atoms with Crippen LogP contribution in [0.25, 0.3) is 0 Å². The van der Waals surface area contributed by atoms with Gasteiger partial charge in [0, 0.05) is 45.7 Å². The summed E-state index contributed by atoms with van der Waals surface area (Å²) >= 11 is 0. The van der Waals surface area contributed by atoms with Crippen LogP contribution in [0.15, 0.2) is 66.7 Å². The number of nitrogens with zero attached hydrogens (tertiary/aromatic N) is 3. The van der Waals surface area contributed by atoms with Gasteiger partial charge in [0.05, 0.1) is 26.2 Å². The van der Waals surface area contributed by atoms with E-state index in [1.165, 1.54) is 24.3 Å². The number of carbonyl (C=O) groups is 2. The molecule has 216 valence electrons. The highest BCUT2D eigenvalue weighted by Gasteiger charge is 2.38. The second kappa shape index (κ2) is 12.7. The lowest BCUT2D eigenvalue weighted by molar-refractivity contribution is -0.137. The molecule has 2 amide bonds. The average molecular weight is 564 g/mol. The molecule has 0 aromatic heterocycles. The van der Waals surface area contributed by atoms with Gasteiger partial charge in [0.25, 0.3) is 0 Å². The minimum atomic E-state index is -0.357. The minimum Gasteiger partial charge on any atom is -0.493 e. The van der Waals surface area contributed by atoms with Crippen molar-refractivity contribution >= 4 is 11.8 Å². The van der Waals surface area contributed by atoms with Gasteiger partial charge in [0.1, 0.15) is 11.6 Å². The quantitative estimate of drug-likeness (QED) is 0.389. The van der Waals surface area contributed by atoms with Gasteiger partial charge in [-0.1, -0.05) is 30.3 Å². The van der Waals surface area contributed by atoms with Crippen LogP contribution < -0.4 is 9.47 Å². The first kappa shape index (κ1) is 28.5. The van der Waals surface area contributed by atoms with E-state index in [1.54, 1.807) is 43.4 Å². The Bertz CT molecular complexity index is 1310. The first-order valence-electron chi connectivity index (χ1n) is 13.9. The summed E-state index contributed by atoms with van der Waals surface area (Å²) in [5.74, 6) is 0.315. The average Bonchev–Trinajstić information content (AvgIpc) is 3.38. The van der Waals surface area contributed by atoms with Crippen molar-refractivity contribution in [2.75, 3.05) is 53.5 Å². The standard InChI is InChI=1S/C32H35F2N3O4/c1-40-28-12-3-22(19-29(28)41-2)13-14-37-21-25(20-30(37)38)32(39)36-17-15-35(16-18-36)31(23-4-8-26(33)9-5-23)24-6-10-27(34)11-7-24/h3-12,19,25,31H,13-18,20-21H2,1-2H3/t25-/m1/s1. The molecule has 0 aliphatic carbocycles. The maximum absolute atomic E-state index is 13.6. The second-order valence-electron chi connectivity index (χ2n) is 10.5. The number of carbonyl (C=O) groups excluding carboxylic acids is 2. The lowest BCUT2D eigenvalue weighted by atomic mass is 9.96. The predicted octanol–water partition coefficient (Wildman–Crippen LogP) is 4.31. The summed E-state index contributed by atoms with van der Waals surface area (Å²) in [6, 6.07) is 18.3. The molecule has 2 aliphatic heterocycles. The van der Waals surface area contributed by atoms with Crippen LogP contribution in [0.1, 0.15) is 29.2 Å². The van der Waals surface area contributed by atoms with Gasteiger partial charge in [0.15, 0.2) is 11.5 Å². The zero-order valence-electron chi connectivity index (χ0n) is 23.4. The Labute approximate surface area is 239 Å². The van der Waals surface area contributed by atoms with Crippen LogP contribution in [0.4, 0.5) is 8.78 Å². The first-order valence-corrected chi connectivity index (χ1v) is 13.9. The molecule has 7 nitrogen and oxygen atoms in total. The number of ether oxygens (including phenoxy) is 2. The zero-order chi connectivity index (χ0) is 28.9. The van der Waals surface area contributed by atoms with E-state index >= 15 is 0 Å². The van der Waals surface area contributed by atoms with Crippen LogP contribution in [0.3, 0.4) is 0 Å². The van der Waals surface area contributed by atoms with Crippen LogP contribution in [0.2, 0.25) is 0 Å². The number of piperazine rings is 1. The highest BCUT2D eigenvalue weighted by Crippen LogP contribution is 2.31. The Morgan fingerprint density at radius 3 is 2.00 bits per heavy atom. The Kier molecular flexibility index (Phi) is 8.83. The Hall–Kier alpha value is -3.98. The maximum Gasteiger partial charge on any atom is 0.228 e. The van der Waals surface area contributed by atoms with Crippen LogP contribution in [0.5, 0.6) is 11.5 Å². The van der Waals surface area contributed by atoms with E-state index in [1.807, 2.05) is 23.1 Å². The molecule has 0 N–H and O–H groups in total. The van der Waals surface area contributed by atoms with Crippen LogP contribution >= 0.6 is 0 Å². The van der Waals surface area contributed by atoms with Crippen LogP contribution in [-0.4, -0.2) is 80.0 Å². The fourth-order valence-corrected chi connectivity index (χ4v) is 5.82. The van der Waals surface area contributed by atoms with Gasteiger partial charge in [-0.25, -0.2) is 8.78 Å². The molecule has 0 bridgehead atoms. The molecular weight excluding hydrogens is 528 g/mol. The number of methoxy groups -OCH3 is 2. The highest BCUT2D eigenvalue weighted by molar-refractivity contribution is 5.89. The van der Waals surface area contributed by atoms with Gasteiger partial charge in [-0.15, -0.1) is 0 Å². The summed E-state index contributed by atoms with van der Waals surface area (Å²) in [6.45, 7) is 3.20. The predicted molar refractivity (Wildman–Crippen MR) is 151 cm³/mol. The van der Waals surface area contributed by atoms with E-state index in [0.29, 0.717) is 57.2 Å². The van der Waals surface area contributed by atoms with Crippen molar-refractivity contribution in [1.29, 1.82) is 0 Å². The van der Waals surface area contributed by atoms with E-state index in [4.69, 9.17) is 9.47 Å². The summed E-state index contributed by atoms with van der Waals surface area (Å²) in [7, 11) is 3.18. The number of likely N-dealkylation sites (tertiary alicyclic amines) is 1. The lowest BCUT2D eigenvalue weighted by Crippen LogP contribution is -2.51. The number of halogens is 2. The van der Waals surface area contributed by atoms with Crippen LogP contribution in [0, 0.1) is 17.6 Å². The SMILES string of the molecule is COc1ccc(CCN2C[C@H](C(=O)N3CCN(C(c4ccc(F)cc4)c4ccc(F)cc4)CC3)CC2=O)cc1OC. The third-order valence-corrected chi connectivity index (χ3v) is 8.04. The molecule has 2 aliphatic rings. The first-order chi connectivity index (χ1) is 19.9. The van der Waals surface area contributed by atoms with Crippen molar-refractivity contribution in [3.63, 3.8) is 0 Å². The lowest BCUT2D eigenvalue weighted by Gasteiger charge is -2.40. The van der Waals surface area contributed by atoms with Gasteiger partial charge in [-0.05, 0) is 59.5 Å². The number of rotatable bonds is 9. The Balaban J connectivity index is 1.19. The number of hydrogen-bond acceptors (Lipinski definition) is 5. The normalized spacial score (nSPS) is 17.8. The van der Waals surface area contributed by atoms with E-state index < -0.39 is 0 Å². The van der Waals surface area contributed by atoms with Crippen molar-refractivity contribution in [2.24, 2.45) is 5.92 Å². The van der Waals surface area contributed by atoms with E-state index in [9.17, 15) is 18.4 Å². The fourth-order valence-electron chi connectivity index (χ4n) is 5.82. The van der Waals surface area contributed by atoms with Gasteiger partial charge in [0.2, 0.25) is 11.8 Å². The van der Waals surface area contributed by atoms with E-state index in [0.717, 1.165) is 16.7 Å². The monoisotopic (exact) mass is 563 g/mol. The van der Waals surface area contributed by atoms with Crippen molar-refractivity contribution in [3.8, 4) is 11.5 Å².